The molecule has 0 unspecified atom stereocenters. The molecule has 0 spiro atoms. The molecule has 21 heavy (non-hydrogen) atoms. The van der Waals surface area contributed by atoms with Gasteiger partial charge in [-0.1, -0.05) is 6.07 Å². The number of aryl methyl sites for hydroxylation is 1. The van der Waals surface area contributed by atoms with Crippen molar-refractivity contribution in [3.63, 3.8) is 0 Å². The SMILES string of the molecule is Cc1nc(CN(C)S(=O)(=O)c2cccc(C(=O)O)c2)cs1. The summed E-state index contributed by atoms with van der Waals surface area (Å²) in [4.78, 5) is 15.1. The van der Waals surface area contributed by atoms with E-state index in [0.717, 1.165) is 15.4 Å². The second-order valence-electron chi connectivity index (χ2n) is 4.45. The maximum absolute atomic E-state index is 12.4. The van der Waals surface area contributed by atoms with Crippen molar-refractivity contribution in [2.24, 2.45) is 0 Å². The quantitative estimate of drug-likeness (QED) is 0.907. The summed E-state index contributed by atoms with van der Waals surface area (Å²) >= 11 is 1.45. The topological polar surface area (TPSA) is 87.6 Å². The summed E-state index contributed by atoms with van der Waals surface area (Å²) in [7, 11) is -2.31. The first-order valence-electron chi connectivity index (χ1n) is 6.01. The number of sulfonamides is 1. The maximum Gasteiger partial charge on any atom is 0.335 e. The number of benzene rings is 1. The number of hydrogen-bond acceptors (Lipinski definition) is 5. The average Bonchev–Trinajstić information content (AvgIpc) is 2.84. The Balaban J connectivity index is 2.28. The molecule has 0 atom stereocenters. The van der Waals surface area contributed by atoms with Gasteiger partial charge in [0, 0.05) is 12.4 Å². The van der Waals surface area contributed by atoms with Gasteiger partial charge in [0.05, 0.1) is 27.7 Å². The summed E-state index contributed by atoms with van der Waals surface area (Å²) in [6.07, 6.45) is 0. The maximum atomic E-state index is 12.4. The van der Waals surface area contributed by atoms with Crippen molar-refractivity contribution in [1.82, 2.24) is 9.29 Å². The first-order valence-corrected chi connectivity index (χ1v) is 8.33. The van der Waals surface area contributed by atoms with Crippen LogP contribution in [0.4, 0.5) is 0 Å². The van der Waals surface area contributed by atoms with Crippen molar-refractivity contribution in [3.05, 3.63) is 45.9 Å². The molecule has 8 heteroatoms. The highest BCUT2D eigenvalue weighted by Crippen LogP contribution is 2.19. The number of aromatic carboxylic acids is 1. The number of nitrogens with zero attached hydrogens (tertiary/aromatic N) is 2. The third-order valence-electron chi connectivity index (χ3n) is 2.84. The summed E-state index contributed by atoms with van der Waals surface area (Å²) in [6.45, 7) is 1.99. The van der Waals surface area contributed by atoms with Crippen LogP contribution in [0.1, 0.15) is 21.1 Å². The lowest BCUT2D eigenvalue weighted by Crippen LogP contribution is -2.26. The molecule has 0 amide bonds. The third-order valence-corrected chi connectivity index (χ3v) is 5.46. The Labute approximate surface area is 126 Å². The molecule has 0 aliphatic rings. The molecule has 0 bridgehead atoms. The van der Waals surface area contributed by atoms with E-state index in [-0.39, 0.29) is 17.0 Å². The molecule has 0 fully saturated rings. The van der Waals surface area contributed by atoms with Crippen LogP contribution in [0.2, 0.25) is 0 Å². The fraction of sp³-hybridized carbons (Fsp3) is 0.231. The minimum absolute atomic E-state index is 0.0446. The first kappa shape index (κ1) is 15.6. The summed E-state index contributed by atoms with van der Waals surface area (Å²) in [5, 5.41) is 11.6. The van der Waals surface area contributed by atoms with Gasteiger partial charge >= 0.3 is 5.97 Å². The highest BCUT2D eigenvalue weighted by molar-refractivity contribution is 7.89. The van der Waals surface area contributed by atoms with Gasteiger partial charge in [0.25, 0.3) is 0 Å². The molecular formula is C13H14N2O4S2. The molecule has 0 aliphatic carbocycles. The van der Waals surface area contributed by atoms with Gasteiger partial charge in [-0.15, -0.1) is 11.3 Å². The molecule has 2 aromatic rings. The fourth-order valence-electron chi connectivity index (χ4n) is 1.76. The van der Waals surface area contributed by atoms with Crippen LogP contribution in [-0.2, 0) is 16.6 Å². The number of hydrogen-bond donors (Lipinski definition) is 1. The van der Waals surface area contributed by atoms with Crippen LogP contribution in [0.5, 0.6) is 0 Å². The Morgan fingerprint density at radius 3 is 2.71 bits per heavy atom. The van der Waals surface area contributed by atoms with Gasteiger partial charge in [0.15, 0.2) is 0 Å². The van der Waals surface area contributed by atoms with Crippen LogP contribution in [0.25, 0.3) is 0 Å². The van der Waals surface area contributed by atoms with Crippen molar-refractivity contribution < 1.29 is 18.3 Å². The van der Waals surface area contributed by atoms with Crippen LogP contribution in [-0.4, -0.2) is 35.8 Å². The second kappa shape index (κ2) is 5.92. The minimum Gasteiger partial charge on any atom is -0.478 e. The van der Waals surface area contributed by atoms with Gasteiger partial charge in [-0.3, -0.25) is 0 Å². The fourth-order valence-corrected chi connectivity index (χ4v) is 3.56. The van der Waals surface area contributed by atoms with E-state index in [1.807, 2.05) is 6.92 Å². The molecule has 2 rings (SSSR count). The Hall–Kier alpha value is -1.77. The van der Waals surface area contributed by atoms with E-state index in [2.05, 4.69) is 4.98 Å². The zero-order chi connectivity index (χ0) is 15.6. The third kappa shape index (κ3) is 3.46. The van der Waals surface area contributed by atoms with E-state index in [4.69, 9.17) is 5.11 Å². The molecule has 0 saturated heterocycles. The van der Waals surface area contributed by atoms with Crippen molar-refractivity contribution >= 4 is 27.3 Å². The Kier molecular flexibility index (Phi) is 4.40. The first-order chi connectivity index (χ1) is 9.80. The molecule has 1 N–H and O–H groups in total. The molecule has 6 nitrogen and oxygen atoms in total. The van der Waals surface area contributed by atoms with E-state index in [9.17, 15) is 13.2 Å². The Morgan fingerprint density at radius 2 is 2.14 bits per heavy atom. The van der Waals surface area contributed by atoms with Gasteiger partial charge < -0.3 is 5.11 Å². The van der Waals surface area contributed by atoms with Crippen molar-refractivity contribution in [2.75, 3.05) is 7.05 Å². The molecule has 1 aromatic carbocycles. The van der Waals surface area contributed by atoms with Gasteiger partial charge in [-0.05, 0) is 25.1 Å². The summed E-state index contributed by atoms with van der Waals surface area (Å²) in [5.41, 5.74) is 0.604. The normalized spacial score (nSPS) is 11.8. The zero-order valence-electron chi connectivity index (χ0n) is 11.5. The van der Waals surface area contributed by atoms with Crippen molar-refractivity contribution in [1.29, 1.82) is 0 Å². The zero-order valence-corrected chi connectivity index (χ0v) is 13.1. The summed E-state index contributed by atoms with van der Waals surface area (Å²) in [6, 6.07) is 5.30. The second-order valence-corrected chi connectivity index (χ2v) is 7.56. The van der Waals surface area contributed by atoms with Crippen LogP contribution >= 0.6 is 11.3 Å². The van der Waals surface area contributed by atoms with Crippen LogP contribution in [0.15, 0.2) is 34.5 Å². The summed E-state index contributed by atoms with van der Waals surface area (Å²) < 4.78 is 26.0. The number of aromatic nitrogens is 1. The van der Waals surface area contributed by atoms with E-state index in [0.29, 0.717) is 5.69 Å². The Morgan fingerprint density at radius 1 is 1.43 bits per heavy atom. The number of carbonyl (C=O) groups is 1. The number of carboxylic acid groups (broad SMARTS) is 1. The Bertz CT molecular complexity index is 768. The van der Waals surface area contributed by atoms with Crippen LogP contribution < -0.4 is 0 Å². The largest absolute Gasteiger partial charge is 0.478 e. The average molecular weight is 326 g/mol. The van der Waals surface area contributed by atoms with Gasteiger partial charge in [0.1, 0.15) is 0 Å². The van der Waals surface area contributed by atoms with Gasteiger partial charge in [-0.2, -0.15) is 4.31 Å². The lowest BCUT2D eigenvalue weighted by Gasteiger charge is -2.16. The smallest absolute Gasteiger partial charge is 0.335 e. The van der Waals surface area contributed by atoms with E-state index >= 15 is 0 Å². The highest BCUT2D eigenvalue weighted by Gasteiger charge is 2.22. The molecule has 1 heterocycles. The van der Waals surface area contributed by atoms with E-state index in [1.165, 1.54) is 36.6 Å². The molecule has 0 aliphatic heterocycles. The van der Waals surface area contributed by atoms with Crippen molar-refractivity contribution in [3.8, 4) is 0 Å². The highest BCUT2D eigenvalue weighted by atomic mass is 32.2. The minimum atomic E-state index is -3.75. The van der Waals surface area contributed by atoms with Crippen LogP contribution in [0.3, 0.4) is 0 Å². The summed E-state index contributed by atoms with van der Waals surface area (Å²) in [5.74, 6) is -1.16. The molecule has 1 aromatic heterocycles. The van der Waals surface area contributed by atoms with Crippen molar-refractivity contribution in [2.45, 2.75) is 18.4 Å². The predicted molar refractivity (Wildman–Crippen MR) is 78.9 cm³/mol. The van der Waals surface area contributed by atoms with Gasteiger partial charge in [0.2, 0.25) is 10.0 Å². The monoisotopic (exact) mass is 326 g/mol. The van der Waals surface area contributed by atoms with E-state index in [1.54, 1.807) is 5.38 Å². The lowest BCUT2D eigenvalue weighted by atomic mass is 10.2. The van der Waals surface area contributed by atoms with Crippen LogP contribution in [0, 0.1) is 6.92 Å². The number of carboxylic acids is 1. The number of rotatable bonds is 5. The molecular weight excluding hydrogens is 312 g/mol. The molecule has 0 radical (unpaired) electrons. The van der Waals surface area contributed by atoms with E-state index < -0.39 is 16.0 Å². The standard InChI is InChI=1S/C13H14N2O4S2/c1-9-14-11(8-20-9)7-15(2)21(18,19)12-5-3-4-10(6-12)13(16)17/h3-6,8H,7H2,1-2H3,(H,16,17). The lowest BCUT2D eigenvalue weighted by molar-refractivity contribution is 0.0696. The van der Waals surface area contributed by atoms with Gasteiger partial charge in [-0.25, -0.2) is 18.2 Å². The number of thiazole rings is 1. The predicted octanol–water partition coefficient (Wildman–Crippen LogP) is 1.97. The molecule has 112 valence electrons. The molecule has 0 saturated carbocycles.